The van der Waals surface area contributed by atoms with Crippen molar-refractivity contribution in [2.24, 2.45) is 5.73 Å². The molecule has 0 saturated carbocycles. The first kappa shape index (κ1) is 14.6. The zero-order chi connectivity index (χ0) is 14.0. The van der Waals surface area contributed by atoms with Gasteiger partial charge in [0.15, 0.2) is 0 Å². The highest BCUT2D eigenvalue weighted by molar-refractivity contribution is 9.10. The molecule has 4 heteroatoms. The molecule has 0 fully saturated rings. The molecular formula is C15H19BrN2S. The van der Waals surface area contributed by atoms with Crippen LogP contribution in [-0.2, 0) is 0 Å². The van der Waals surface area contributed by atoms with Gasteiger partial charge in [-0.1, -0.05) is 17.7 Å². The molecule has 1 aromatic carbocycles. The number of anilines is 1. The fourth-order valence-electron chi connectivity index (χ4n) is 2.35. The molecule has 2 N–H and O–H groups in total. The third-order valence-electron chi connectivity index (χ3n) is 3.37. The highest BCUT2D eigenvalue weighted by Gasteiger charge is 2.20. The van der Waals surface area contributed by atoms with Gasteiger partial charge in [0, 0.05) is 28.6 Å². The van der Waals surface area contributed by atoms with E-state index >= 15 is 0 Å². The van der Waals surface area contributed by atoms with Crippen LogP contribution in [-0.4, -0.2) is 13.6 Å². The van der Waals surface area contributed by atoms with Crippen molar-refractivity contribution in [1.29, 1.82) is 0 Å². The summed E-state index contributed by atoms with van der Waals surface area (Å²) in [7, 11) is 2.11. The molecule has 1 atom stereocenters. The van der Waals surface area contributed by atoms with Crippen LogP contribution in [0.3, 0.4) is 0 Å². The van der Waals surface area contributed by atoms with E-state index in [2.05, 4.69) is 71.4 Å². The van der Waals surface area contributed by atoms with Crippen LogP contribution in [0.5, 0.6) is 0 Å². The minimum atomic E-state index is 0.204. The molecule has 0 aliphatic heterocycles. The summed E-state index contributed by atoms with van der Waals surface area (Å²) < 4.78 is 1.14. The lowest BCUT2D eigenvalue weighted by atomic mass is 10.1. The molecule has 2 aromatic rings. The molecule has 0 saturated heterocycles. The first-order valence-electron chi connectivity index (χ1n) is 6.27. The lowest BCUT2D eigenvalue weighted by Crippen LogP contribution is -2.30. The third kappa shape index (κ3) is 3.02. The maximum atomic E-state index is 6.00. The molecule has 0 spiro atoms. The van der Waals surface area contributed by atoms with Gasteiger partial charge in [-0.2, -0.15) is 0 Å². The quantitative estimate of drug-likeness (QED) is 0.902. The van der Waals surface area contributed by atoms with Crippen molar-refractivity contribution < 1.29 is 0 Å². The van der Waals surface area contributed by atoms with Crippen LogP contribution in [0.1, 0.15) is 22.0 Å². The van der Waals surface area contributed by atoms with Gasteiger partial charge in [-0.3, -0.25) is 0 Å². The molecule has 0 aliphatic carbocycles. The van der Waals surface area contributed by atoms with Crippen LogP contribution in [0.4, 0.5) is 5.69 Å². The molecule has 0 amide bonds. The predicted molar refractivity (Wildman–Crippen MR) is 88.1 cm³/mol. The number of nitrogens with two attached hydrogens (primary N) is 1. The Kier molecular flexibility index (Phi) is 4.66. The van der Waals surface area contributed by atoms with Crippen LogP contribution in [0.15, 0.2) is 34.1 Å². The van der Waals surface area contributed by atoms with E-state index in [9.17, 15) is 0 Å². The van der Waals surface area contributed by atoms with Crippen molar-refractivity contribution in [1.82, 2.24) is 0 Å². The van der Waals surface area contributed by atoms with Crippen molar-refractivity contribution in [2.45, 2.75) is 19.9 Å². The molecular weight excluding hydrogens is 320 g/mol. The highest BCUT2D eigenvalue weighted by atomic mass is 79.9. The summed E-state index contributed by atoms with van der Waals surface area (Å²) in [6, 6.07) is 8.82. The van der Waals surface area contributed by atoms with Gasteiger partial charge in [-0.05, 0) is 52.9 Å². The van der Waals surface area contributed by atoms with Gasteiger partial charge in [0.25, 0.3) is 0 Å². The van der Waals surface area contributed by atoms with E-state index in [1.807, 2.05) is 0 Å². The van der Waals surface area contributed by atoms with Gasteiger partial charge in [-0.25, -0.2) is 0 Å². The van der Waals surface area contributed by atoms with Gasteiger partial charge < -0.3 is 10.6 Å². The fraction of sp³-hybridized carbons (Fsp3) is 0.333. The summed E-state index contributed by atoms with van der Waals surface area (Å²) in [5, 5.41) is 2.10. The van der Waals surface area contributed by atoms with Gasteiger partial charge in [0.05, 0.1) is 6.04 Å². The second kappa shape index (κ2) is 6.07. The normalized spacial score (nSPS) is 12.5. The minimum absolute atomic E-state index is 0.204. The monoisotopic (exact) mass is 338 g/mol. The van der Waals surface area contributed by atoms with E-state index < -0.39 is 0 Å². The largest absolute Gasteiger partial charge is 0.365 e. The first-order valence-corrected chi connectivity index (χ1v) is 7.95. The molecule has 0 bridgehead atoms. The number of aryl methyl sites for hydroxylation is 2. The number of hydrogen-bond acceptors (Lipinski definition) is 3. The van der Waals surface area contributed by atoms with E-state index in [1.165, 1.54) is 21.7 Å². The summed E-state index contributed by atoms with van der Waals surface area (Å²) >= 11 is 5.35. The fourth-order valence-corrected chi connectivity index (χ4v) is 4.15. The third-order valence-corrected chi connectivity index (χ3v) is 5.34. The summed E-state index contributed by atoms with van der Waals surface area (Å²) in [5.41, 5.74) is 9.81. The number of likely N-dealkylation sites (N-methyl/N-ethyl adjacent to an activating group) is 1. The average molecular weight is 339 g/mol. The number of rotatable bonds is 4. The van der Waals surface area contributed by atoms with Crippen molar-refractivity contribution in [2.75, 3.05) is 18.5 Å². The highest BCUT2D eigenvalue weighted by Crippen LogP contribution is 2.35. The molecule has 0 radical (unpaired) electrons. The topological polar surface area (TPSA) is 29.3 Å². The van der Waals surface area contributed by atoms with Crippen molar-refractivity contribution in [3.05, 3.63) is 50.1 Å². The van der Waals surface area contributed by atoms with E-state index in [-0.39, 0.29) is 6.04 Å². The van der Waals surface area contributed by atoms with E-state index in [1.54, 1.807) is 11.3 Å². The van der Waals surface area contributed by atoms with Gasteiger partial charge in [-0.15, -0.1) is 11.3 Å². The molecule has 2 rings (SSSR count). The maximum absolute atomic E-state index is 6.00. The number of halogens is 1. The number of hydrogen-bond donors (Lipinski definition) is 1. The molecule has 102 valence electrons. The Bertz CT molecular complexity index is 565. The second-order valence-electron chi connectivity index (χ2n) is 4.79. The van der Waals surface area contributed by atoms with Crippen LogP contribution < -0.4 is 10.6 Å². The van der Waals surface area contributed by atoms with Gasteiger partial charge in [0.1, 0.15) is 0 Å². The predicted octanol–water partition coefficient (Wildman–Crippen LogP) is 4.26. The molecule has 1 aromatic heterocycles. The Hall–Kier alpha value is -0.840. The Morgan fingerprint density at radius 2 is 2.05 bits per heavy atom. The molecule has 1 heterocycles. The number of thiophene rings is 1. The molecule has 2 nitrogen and oxygen atoms in total. The Labute approximate surface area is 127 Å². The van der Waals surface area contributed by atoms with Gasteiger partial charge >= 0.3 is 0 Å². The SMILES string of the molecule is Cc1ccc(N(C)C(CN)c2sccc2Br)c(C)c1. The number of nitrogens with zero attached hydrogens (tertiary/aromatic N) is 1. The van der Waals surface area contributed by atoms with E-state index in [4.69, 9.17) is 5.73 Å². The molecule has 0 aliphatic rings. The van der Waals surface area contributed by atoms with Crippen LogP contribution in [0, 0.1) is 13.8 Å². The standard InChI is InChI=1S/C15H19BrN2S/c1-10-4-5-13(11(2)8-10)18(3)14(9-17)15-12(16)6-7-19-15/h4-8,14H,9,17H2,1-3H3. The lowest BCUT2D eigenvalue weighted by molar-refractivity contribution is 0.688. The zero-order valence-electron chi connectivity index (χ0n) is 11.5. The van der Waals surface area contributed by atoms with E-state index in [0.717, 1.165) is 4.47 Å². The zero-order valence-corrected chi connectivity index (χ0v) is 13.9. The van der Waals surface area contributed by atoms with Crippen molar-refractivity contribution in [3.8, 4) is 0 Å². The van der Waals surface area contributed by atoms with E-state index in [0.29, 0.717) is 6.54 Å². The Balaban J connectivity index is 2.36. The summed E-state index contributed by atoms with van der Waals surface area (Å²) in [6.45, 7) is 4.87. The van der Waals surface area contributed by atoms with Crippen LogP contribution in [0.2, 0.25) is 0 Å². The number of benzene rings is 1. The molecule has 19 heavy (non-hydrogen) atoms. The summed E-state index contributed by atoms with van der Waals surface area (Å²) in [5.74, 6) is 0. The summed E-state index contributed by atoms with van der Waals surface area (Å²) in [6.07, 6.45) is 0. The van der Waals surface area contributed by atoms with Crippen LogP contribution in [0.25, 0.3) is 0 Å². The Morgan fingerprint density at radius 1 is 1.32 bits per heavy atom. The first-order chi connectivity index (χ1) is 9.04. The minimum Gasteiger partial charge on any atom is -0.365 e. The maximum Gasteiger partial charge on any atom is 0.0765 e. The Morgan fingerprint density at radius 3 is 2.58 bits per heavy atom. The molecule has 1 unspecified atom stereocenters. The average Bonchev–Trinajstić information content (AvgIpc) is 2.76. The summed E-state index contributed by atoms with van der Waals surface area (Å²) in [4.78, 5) is 3.55. The smallest absolute Gasteiger partial charge is 0.0765 e. The lowest BCUT2D eigenvalue weighted by Gasteiger charge is -2.30. The van der Waals surface area contributed by atoms with Gasteiger partial charge in [0.2, 0.25) is 0 Å². The van der Waals surface area contributed by atoms with Crippen molar-refractivity contribution in [3.63, 3.8) is 0 Å². The van der Waals surface area contributed by atoms with Crippen LogP contribution >= 0.6 is 27.3 Å². The second-order valence-corrected chi connectivity index (χ2v) is 6.59. The van der Waals surface area contributed by atoms with Crippen molar-refractivity contribution >= 4 is 33.0 Å².